The van der Waals surface area contributed by atoms with Crippen molar-refractivity contribution in [1.29, 1.82) is 0 Å². The molecule has 2 N–H and O–H groups in total. The van der Waals surface area contributed by atoms with E-state index in [1.54, 1.807) is 6.26 Å². The Morgan fingerprint density at radius 2 is 2.60 bits per heavy atom. The molecular formula is C11H16N2O2. The highest BCUT2D eigenvalue weighted by Gasteiger charge is 2.23. The summed E-state index contributed by atoms with van der Waals surface area (Å²) in [5.41, 5.74) is 0. The number of amides is 1. The van der Waals surface area contributed by atoms with Crippen molar-refractivity contribution in [3.8, 4) is 0 Å². The number of rotatable bonds is 3. The van der Waals surface area contributed by atoms with Crippen molar-refractivity contribution in [2.75, 3.05) is 6.54 Å². The topological polar surface area (TPSA) is 54.3 Å². The maximum atomic E-state index is 11.7. The third-order valence-electron chi connectivity index (χ3n) is 2.71. The summed E-state index contributed by atoms with van der Waals surface area (Å²) in [5.74, 6) is 0.859. The number of carbonyl (C=O) groups is 1. The minimum atomic E-state index is -0.0603. The van der Waals surface area contributed by atoms with Crippen LogP contribution in [0.2, 0.25) is 0 Å². The van der Waals surface area contributed by atoms with Gasteiger partial charge in [0.15, 0.2) is 0 Å². The van der Waals surface area contributed by atoms with Crippen LogP contribution in [-0.4, -0.2) is 18.5 Å². The molecule has 1 aliphatic rings. The fourth-order valence-corrected chi connectivity index (χ4v) is 1.83. The van der Waals surface area contributed by atoms with Crippen LogP contribution in [-0.2, 0) is 4.79 Å². The van der Waals surface area contributed by atoms with Gasteiger partial charge in [-0.05, 0) is 38.4 Å². The van der Waals surface area contributed by atoms with Gasteiger partial charge >= 0.3 is 0 Å². The minimum absolute atomic E-state index is 0.0255. The Balaban J connectivity index is 1.88. The Kier molecular flexibility index (Phi) is 3.06. The third kappa shape index (κ3) is 2.39. The van der Waals surface area contributed by atoms with Gasteiger partial charge in [-0.15, -0.1) is 0 Å². The van der Waals surface area contributed by atoms with E-state index in [0.717, 1.165) is 25.1 Å². The first-order valence-corrected chi connectivity index (χ1v) is 5.34. The molecule has 2 heterocycles. The smallest absolute Gasteiger partial charge is 0.237 e. The number of carbonyl (C=O) groups excluding carboxylic acids is 1. The molecule has 0 saturated carbocycles. The highest BCUT2D eigenvalue weighted by molar-refractivity contribution is 5.82. The molecule has 1 aromatic heterocycles. The Bertz CT molecular complexity index is 315. The zero-order chi connectivity index (χ0) is 10.7. The predicted octanol–water partition coefficient (Wildman–Crippen LogP) is 1.21. The summed E-state index contributed by atoms with van der Waals surface area (Å²) in [7, 11) is 0. The van der Waals surface area contributed by atoms with Gasteiger partial charge < -0.3 is 15.1 Å². The summed E-state index contributed by atoms with van der Waals surface area (Å²) in [6.45, 7) is 2.86. The lowest BCUT2D eigenvalue weighted by Gasteiger charge is -2.15. The normalized spacial score (nSPS) is 22.6. The van der Waals surface area contributed by atoms with Crippen molar-refractivity contribution in [2.24, 2.45) is 0 Å². The molecule has 15 heavy (non-hydrogen) atoms. The third-order valence-corrected chi connectivity index (χ3v) is 2.71. The van der Waals surface area contributed by atoms with Gasteiger partial charge in [-0.1, -0.05) is 0 Å². The highest BCUT2D eigenvalue weighted by atomic mass is 16.3. The first-order chi connectivity index (χ1) is 7.27. The molecular weight excluding hydrogens is 192 g/mol. The van der Waals surface area contributed by atoms with Gasteiger partial charge in [0.05, 0.1) is 18.3 Å². The van der Waals surface area contributed by atoms with Gasteiger partial charge in [0.25, 0.3) is 0 Å². The maximum absolute atomic E-state index is 11.7. The van der Waals surface area contributed by atoms with Gasteiger partial charge in [-0.25, -0.2) is 0 Å². The average Bonchev–Trinajstić information content (AvgIpc) is 2.91. The summed E-state index contributed by atoms with van der Waals surface area (Å²) in [6.07, 6.45) is 3.62. The van der Waals surface area contributed by atoms with E-state index in [1.165, 1.54) is 0 Å². The van der Waals surface area contributed by atoms with Crippen molar-refractivity contribution in [2.45, 2.75) is 31.8 Å². The lowest BCUT2D eigenvalue weighted by atomic mass is 10.2. The van der Waals surface area contributed by atoms with Crippen molar-refractivity contribution >= 4 is 5.91 Å². The zero-order valence-corrected chi connectivity index (χ0v) is 8.82. The van der Waals surface area contributed by atoms with Crippen LogP contribution in [0.25, 0.3) is 0 Å². The molecule has 1 aliphatic heterocycles. The summed E-state index contributed by atoms with van der Waals surface area (Å²) in [6, 6.07) is 3.61. The van der Waals surface area contributed by atoms with E-state index in [4.69, 9.17) is 4.42 Å². The van der Waals surface area contributed by atoms with Crippen LogP contribution in [0, 0.1) is 0 Å². The van der Waals surface area contributed by atoms with Crippen molar-refractivity contribution < 1.29 is 9.21 Å². The second kappa shape index (κ2) is 4.49. The van der Waals surface area contributed by atoms with Crippen LogP contribution in [0.1, 0.15) is 31.6 Å². The van der Waals surface area contributed by atoms with Crippen LogP contribution >= 0.6 is 0 Å². The van der Waals surface area contributed by atoms with Crippen molar-refractivity contribution in [1.82, 2.24) is 10.6 Å². The van der Waals surface area contributed by atoms with Crippen molar-refractivity contribution in [3.63, 3.8) is 0 Å². The van der Waals surface area contributed by atoms with E-state index in [-0.39, 0.29) is 18.0 Å². The van der Waals surface area contributed by atoms with Crippen LogP contribution in [0.4, 0.5) is 0 Å². The minimum Gasteiger partial charge on any atom is -0.467 e. The summed E-state index contributed by atoms with van der Waals surface area (Å²) in [5, 5.41) is 6.09. The van der Waals surface area contributed by atoms with E-state index in [1.807, 2.05) is 19.1 Å². The Labute approximate surface area is 89.0 Å². The quantitative estimate of drug-likeness (QED) is 0.785. The Morgan fingerprint density at radius 3 is 3.20 bits per heavy atom. The molecule has 1 amide bonds. The molecule has 82 valence electrons. The number of hydrogen-bond acceptors (Lipinski definition) is 3. The molecule has 4 nitrogen and oxygen atoms in total. The van der Waals surface area contributed by atoms with Gasteiger partial charge in [0, 0.05) is 0 Å². The van der Waals surface area contributed by atoms with Crippen LogP contribution in [0.15, 0.2) is 22.8 Å². The largest absolute Gasteiger partial charge is 0.467 e. The summed E-state index contributed by atoms with van der Waals surface area (Å²) >= 11 is 0. The molecule has 4 heteroatoms. The molecule has 1 aromatic rings. The molecule has 1 saturated heterocycles. The first kappa shape index (κ1) is 10.2. The summed E-state index contributed by atoms with van der Waals surface area (Å²) < 4.78 is 5.22. The molecule has 0 aromatic carbocycles. The number of hydrogen-bond donors (Lipinski definition) is 2. The van der Waals surface area contributed by atoms with Gasteiger partial charge in [-0.2, -0.15) is 0 Å². The fraction of sp³-hybridized carbons (Fsp3) is 0.545. The lowest BCUT2D eigenvalue weighted by molar-refractivity contribution is -0.123. The maximum Gasteiger partial charge on any atom is 0.237 e. The Hall–Kier alpha value is -1.29. The second-order valence-corrected chi connectivity index (χ2v) is 3.89. The SMILES string of the molecule is C[C@@H](NC(=O)[C@H]1CCCN1)c1ccco1. The van der Waals surface area contributed by atoms with Gasteiger partial charge in [-0.3, -0.25) is 4.79 Å². The van der Waals surface area contributed by atoms with E-state index < -0.39 is 0 Å². The predicted molar refractivity (Wildman–Crippen MR) is 56.3 cm³/mol. The monoisotopic (exact) mass is 208 g/mol. The van der Waals surface area contributed by atoms with Crippen LogP contribution in [0.3, 0.4) is 0 Å². The van der Waals surface area contributed by atoms with Gasteiger partial charge in [0.2, 0.25) is 5.91 Å². The van der Waals surface area contributed by atoms with E-state index >= 15 is 0 Å². The van der Waals surface area contributed by atoms with E-state index in [2.05, 4.69) is 10.6 Å². The standard InChI is InChI=1S/C11H16N2O2/c1-8(10-5-3-7-15-10)13-11(14)9-4-2-6-12-9/h3,5,7-9,12H,2,4,6H2,1H3,(H,13,14)/t8-,9-/m1/s1. The molecule has 2 atom stereocenters. The van der Waals surface area contributed by atoms with Crippen molar-refractivity contribution in [3.05, 3.63) is 24.2 Å². The average molecular weight is 208 g/mol. The molecule has 0 spiro atoms. The first-order valence-electron chi connectivity index (χ1n) is 5.34. The number of furan rings is 1. The van der Waals surface area contributed by atoms with E-state index in [9.17, 15) is 4.79 Å². The lowest BCUT2D eigenvalue weighted by Crippen LogP contribution is -2.41. The molecule has 0 unspecified atom stereocenters. The number of nitrogens with one attached hydrogen (secondary N) is 2. The highest BCUT2D eigenvalue weighted by Crippen LogP contribution is 2.13. The van der Waals surface area contributed by atoms with Gasteiger partial charge in [0.1, 0.15) is 5.76 Å². The van der Waals surface area contributed by atoms with Crippen LogP contribution in [0.5, 0.6) is 0 Å². The molecule has 2 rings (SSSR count). The fourth-order valence-electron chi connectivity index (χ4n) is 1.83. The summed E-state index contributed by atoms with van der Waals surface area (Å²) in [4.78, 5) is 11.7. The molecule has 0 radical (unpaired) electrons. The van der Waals surface area contributed by atoms with E-state index in [0.29, 0.717) is 0 Å². The molecule has 1 fully saturated rings. The molecule has 0 aliphatic carbocycles. The Morgan fingerprint density at radius 1 is 1.73 bits per heavy atom. The molecule has 0 bridgehead atoms. The van der Waals surface area contributed by atoms with Crippen LogP contribution < -0.4 is 10.6 Å². The zero-order valence-electron chi connectivity index (χ0n) is 8.82. The second-order valence-electron chi connectivity index (χ2n) is 3.89.